The minimum atomic E-state index is -1.53. The van der Waals surface area contributed by atoms with E-state index in [-0.39, 0.29) is 39.1 Å². The van der Waals surface area contributed by atoms with Crippen molar-refractivity contribution in [2.75, 3.05) is 65.6 Å². The molecule has 0 saturated heterocycles. The molecule has 0 atom stereocenters. The van der Waals surface area contributed by atoms with E-state index < -0.39 is 96.1 Å². The number of carboxylic acids is 4. The van der Waals surface area contributed by atoms with Crippen molar-refractivity contribution in [3.63, 3.8) is 0 Å². The molecule has 0 aromatic carbocycles. The van der Waals surface area contributed by atoms with E-state index in [4.69, 9.17) is 9.47 Å². The summed E-state index contributed by atoms with van der Waals surface area (Å²) in [6.07, 6.45) is 24.2. The number of amides is 2. The minimum absolute atomic E-state index is 0.114. The highest BCUT2D eigenvalue weighted by molar-refractivity contribution is 5.78. The van der Waals surface area contributed by atoms with Crippen LogP contribution in [0.5, 0.6) is 0 Å². The van der Waals surface area contributed by atoms with E-state index in [0.717, 1.165) is 75.2 Å². The van der Waals surface area contributed by atoms with Crippen LogP contribution in [-0.2, 0) is 47.8 Å². The maximum Gasteiger partial charge on any atom is 0.361 e. The molecule has 370 valence electrons. The first kappa shape index (κ1) is 60.0. The highest BCUT2D eigenvalue weighted by Gasteiger charge is 2.48. The summed E-state index contributed by atoms with van der Waals surface area (Å²) in [6, 6.07) is 0. The van der Waals surface area contributed by atoms with Crippen LogP contribution in [0.25, 0.3) is 0 Å². The number of carboxylic acid groups (broad SMARTS) is 4. The van der Waals surface area contributed by atoms with E-state index in [2.05, 4.69) is 13.8 Å². The van der Waals surface area contributed by atoms with Gasteiger partial charge in [-0.3, -0.25) is 9.59 Å². The van der Waals surface area contributed by atoms with Gasteiger partial charge in [0, 0.05) is 12.8 Å². The Morgan fingerprint density at radius 3 is 0.828 bits per heavy atom. The lowest BCUT2D eigenvalue weighted by molar-refractivity contribution is -0.967. The van der Waals surface area contributed by atoms with Crippen LogP contribution in [0.1, 0.15) is 182 Å². The van der Waals surface area contributed by atoms with Crippen molar-refractivity contribution in [1.82, 2.24) is 10.0 Å². The molecule has 0 spiro atoms. The molecule has 2 amide bonds. The highest BCUT2D eigenvalue weighted by atomic mass is 16.5. The second-order valence-corrected chi connectivity index (χ2v) is 17.0. The van der Waals surface area contributed by atoms with Crippen LogP contribution in [0.3, 0.4) is 0 Å². The van der Waals surface area contributed by atoms with Crippen LogP contribution in [0.15, 0.2) is 0 Å². The number of carbonyl (C=O) groups excluding carboxylic acids is 4. The first-order valence-electron chi connectivity index (χ1n) is 23.9. The average molecular weight is 917 g/mol. The maximum atomic E-state index is 13.3. The number of hydrogen-bond acceptors (Lipinski definition) is 12. The van der Waals surface area contributed by atoms with Crippen LogP contribution in [-0.4, -0.2) is 153 Å². The lowest BCUT2D eigenvalue weighted by Gasteiger charge is -2.44. The van der Waals surface area contributed by atoms with Gasteiger partial charge in [0.1, 0.15) is 13.2 Å². The Kier molecular flexibility index (Phi) is 34.0. The van der Waals surface area contributed by atoms with Crippen LogP contribution in [0.2, 0.25) is 0 Å². The number of hydrogen-bond donors (Lipinski definition) is 4. The third-order valence-corrected chi connectivity index (χ3v) is 11.7. The predicted octanol–water partition coefficient (Wildman–Crippen LogP) is 6.97. The predicted molar refractivity (Wildman–Crippen MR) is 239 cm³/mol. The number of ether oxygens (including phenoxy) is 2. The minimum Gasteiger partial charge on any atom is -0.477 e. The molecule has 0 aliphatic carbocycles. The zero-order valence-electron chi connectivity index (χ0n) is 39.7. The number of carbonyl (C=O) groups is 8. The number of esters is 2. The standard InChI is InChI=1S/C46H82N4O14/c1-5-7-9-11-13-15-17-19-21-23-25-27-45(61)63-33-31-47(49(39(3)51,35-41(53)54)36-42(55)56)29-30-48(50(40(4)52,37-43(57)58)38-44(59)60)32-34-64-46(62)28-26-24-22-20-18-16-14-12-10-8-6-2/h5-38H2,1-4H3,(H2-2,53,54,55,56,57,58,59,60)/p+2. The summed E-state index contributed by atoms with van der Waals surface area (Å²) in [6.45, 7) is -0.0496. The Morgan fingerprint density at radius 1 is 0.375 bits per heavy atom. The number of aliphatic carboxylic acids is 4. The zero-order valence-corrected chi connectivity index (χ0v) is 39.7. The van der Waals surface area contributed by atoms with Crippen molar-refractivity contribution < 1.29 is 77.4 Å². The molecular formula is C46H84N4O14+2. The summed E-state index contributed by atoms with van der Waals surface area (Å²) in [7, 11) is 0. The molecule has 0 rings (SSSR count). The van der Waals surface area contributed by atoms with Crippen molar-refractivity contribution in [2.24, 2.45) is 0 Å². The summed E-state index contributed by atoms with van der Waals surface area (Å²) in [4.78, 5) is 101. The Balaban J connectivity index is 6.00. The molecule has 0 aromatic heterocycles. The Labute approximate surface area is 381 Å². The van der Waals surface area contributed by atoms with Gasteiger partial charge in [-0.15, -0.1) is 10.0 Å². The zero-order chi connectivity index (χ0) is 48.2. The molecule has 0 unspecified atom stereocenters. The fraction of sp³-hybridized carbons (Fsp3) is 0.826. The summed E-state index contributed by atoms with van der Waals surface area (Å²) >= 11 is 0. The van der Waals surface area contributed by atoms with Gasteiger partial charge < -0.3 is 29.9 Å². The van der Waals surface area contributed by atoms with Gasteiger partial charge in [-0.1, -0.05) is 142 Å². The number of nitrogens with zero attached hydrogens (tertiary/aromatic N) is 4. The molecule has 18 heteroatoms. The van der Waals surface area contributed by atoms with Crippen molar-refractivity contribution in [1.29, 1.82) is 0 Å². The van der Waals surface area contributed by atoms with Gasteiger partial charge in [-0.2, -0.15) is 9.18 Å². The van der Waals surface area contributed by atoms with Gasteiger partial charge in [0.2, 0.25) is 26.2 Å². The molecule has 4 N–H and O–H groups in total. The average Bonchev–Trinajstić information content (AvgIpc) is 3.20. The second kappa shape index (κ2) is 36.2. The molecule has 0 radical (unpaired) electrons. The number of rotatable bonds is 43. The van der Waals surface area contributed by atoms with Gasteiger partial charge in [-0.25, -0.2) is 28.8 Å². The van der Waals surface area contributed by atoms with Gasteiger partial charge in [0.15, 0.2) is 0 Å². The van der Waals surface area contributed by atoms with Gasteiger partial charge in [0.25, 0.3) is 0 Å². The largest absolute Gasteiger partial charge is 0.477 e. The Bertz CT molecular complexity index is 1260. The quantitative estimate of drug-likeness (QED) is 0.0209. The van der Waals surface area contributed by atoms with Crippen LogP contribution in [0, 0.1) is 0 Å². The van der Waals surface area contributed by atoms with E-state index in [1.165, 1.54) is 77.0 Å². The third kappa shape index (κ3) is 27.4. The van der Waals surface area contributed by atoms with Crippen molar-refractivity contribution >= 4 is 47.6 Å². The van der Waals surface area contributed by atoms with Crippen LogP contribution in [0.4, 0.5) is 0 Å². The molecule has 0 aromatic rings. The lowest BCUT2D eigenvalue weighted by Crippen LogP contribution is -2.71. The van der Waals surface area contributed by atoms with Crippen molar-refractivity contribution in [3.8, 4) is 0 Å². The molecule has 0 aliphatic heterocycles. The van der Waals surface area contributed by atoms with E-state index >= 15 is 0 Å². The monoisotopic (exact) mass is 917 g/mol. The second-order valence-electron chi connectivity index (χ2n) is 17.0. The molecule has 0 aliphatic rings. The molecule has 0 heterocycles. The van der Waals surface area contributed by atoms with Gasteiger partial charge in [-0.05, 0) is 12.8 Å². The molecule has 64 heavy (non-hydrogen) atoms. The van der Waals surface area contributed by atoms with Gasteiger partial charge in [0.05, 0.1) is 40.0 Å². The maximum absolute atomic E-state index is 13.3. The summed E-state index contributed by atoms with van der Waals surface area (Å²) < 4.78 is 8.36. The fourth-order valence-corrected chi connectivity index (χ4v) is 8.01. The lowest BCUT2D eigenvalue weighted by atomic mass is 10.1. The van der Waals surface area contributed by atoms with Crippen LogP contribution >= 0.6 is 0 Å². The first-order chi connectivity index (χ1) is 30.5. The van der Waals surface area contributed by atoms with Gasteiger partial charge >= 0.3 is 47.6 Å². The molecule has 0 fully saturated rings. The molecule has 0 bridgehead atoms. The molecule has 18 nitrogen and oxygen atoms in total. The van der Waals surface area contributed by atoms with Crippen LogP contribution < -0.4 is 0 Å². The first-order valence-corrected chi connectivity index (χ1v) is 23.9. The van der Waals surface area contributed by atoms with Crippen molar-refractivity contribution in [2.45, 2.75) is 182 Å². The smallest absolute Gasteiger partial charge is 0.361 e. The molecular weight excluding hydrogens is 833 g/mol. The Hall–Kier alpha value is -4.00. The topological polar surface area (TPSA) is 242 Å². The highest BCUT2D eigenvalue weighted by Crippen LogP contribution is 2.20. The third-order valence-electron chi connectivity index (χ3n) is 11.7. The SMILES string of the molecule is CCCCCCCCCCCCCC(=O)OCCN(CCN(CCOC(=O)CCCCCCCCCCCCC)[N+](CC(=O)O)(CC(=O)O)C(C)=O)[N+](CC(=O)O)(CC(=O)O)C(C)=O. The number of quaternary nitrogens is 2. The summed E-state index contributed by atoms with van der Waals surface area (Å²) in [5, 5.41) is 41.9. The number of unbranched alkanes of at least 4 members (excludes halogenated alkanes) is 20. The normalized spacial score (nSPS) is 11.8. The van der Waals surface area contributed by atoms with E-state index in [1.807, 2.05) is 0 Å². The van der Waals surface area contributed by atoms with E-state index in [0.29, 0.717) is 12.8 Å². The van der Waals surface area contributed by atoms with Crippen molar-refractivity contribution in [3.05, 3.63) is 0 Å². The van der Waals surface area contributed by atoms with E-state index in [9.17, 15) is 58.8 Å². The molecule has 0 saturated carbocycles. The Morgan fingerprint density at radius 2 is 0.609 bits per heavy atom. The summed E-state index contributed by atoms with van der Waals surface area (Å²) in [5.41, 5.74) is 0. The van der Waals surface area contributed by atoms with E-state index in [1.54, 1.807) is 0 Å². The summed E-state index contributed by atoms with van der Waals surface area (Å²) in [5.74, 6) is -8.96. The fourth-order valence-electron chi connectivity index (χ4n) is 8.01.